The Bertz CT molecular complexity index is 996. The molecule has 24 heavy (non-hydrogen) atoms. The second-order valence-corrected chi connectivity index (χ2v) is 5.56. The topological polar surface area (TPSA) is 110 Å². The van der Waals surface area contributed by atoms with E-state index >= 15 is 0 Å². The first-order valence-corrected chi connectivity index (χ1v) is 7.54. The van der Waals surface area contributed by atoms with Gasteiger partial charge in [0.1, 0.15) is 4.47 Å². The molecule has 3 aromatic rings. The molecule has 120 valence electrons. The summed E-state index contributed by atoms with van der Waals surface area (Å²) in [6.07, 6.45) is 3.88. The summed E-state index contributed by atoms with van der Waals surface area (Å²) >= 11 is 2.98. The van der Waals surface area contributed by atoms with Gasteiger partial charge in [-0.25, -0.2) is 19.4 Å². The molecule has 2 aromatic heterocycles. The number of benzene rings is 1. The maximum atomic E-state index is 12.2. The number of aromatic nitrogens is 4. The Morgan fingerprint density at radius 1 is 1.12 bits per heavy atom. The van der Waals surface area contributed by atoms with Crippen LogP contribution in [0.15, 0.2) is 63.0 Å². The van der Waals surface area contributed by atoms with E-state index < -0.39 is 17.2 Å². The lowest BCUT2D eigenvalue weighted by atomic mass is 10.2. The molecule has 0 saturated carbocycles. The van der Waals surface area contributed by atoms with Crippen molar-refractivity contribution in [1.29, 1.82) is 0 Å². The van der Waals surface area contributed by atoms with Gasteiger partial charge in [0.15, 0.2) is 5.82 Å². The van der Waals surface area contributed by atoms with Gasteiger partial charge in [-0.3, -0.25) is 20.0 Å². The number of nitrogens with zero attached hydrogens (tertiary/aromatic N) is 3. The smallest absolute Gasteiger partial charge is 0.272 e. The lowest BCUT2D eigenvalue weighted by Gasteiger charge is -2.07. The number of H-pyrrole nitrogens is 1. The van der Waals surface area contributed by atoms with E-state index in [1.165, 1.54) is 12.4 Å². The van der Waals surface area contributed by atoms with Crippen LogP contribution in [0.4, 0.5) is 0 Å². The molecule has 0 bridgehead atoms. The van der Waals surface area contributed by atoms with Gasteiger partial charge in [-0.15, -0.1) is 0 Å². The van der Waals surface area contributed by atoms with Gasteiger partial charge in [0, 0.05) is 18.0 Å². The number of nitrogens with one attached hydrogen (secondary N) is 2. The van der Waals surface area contributed by atoms with Crippen molar-refractivity contribution in [2.45, 2.75) is 0 Å². The van der Waals surface area contributed by atoms with Gasteiger partial charge in [0.2, 0.25) is 0 Å². The van der Waals surface area contributed by atoms with Crippen molar-refractivity contribution in [3.8, 4) is 11.4 Å². The molecule has 0 aliphatic rings. The van der Waals surface area contributed by atoms with Crippen molar-refractivity contribution in [2.24, 2.45) is 0 Å². The summed E-state index contributed by atoms with van der Waals surface area (Å²) in [6.45, 7) is 0. The van der Waals surface area contributed by atoms with E-state index in [4.69, 9.17) is 0 Å². The second-order valence-electron chi connectivity index (χ2n) is 4.71. The molecule has 0 radical (unpaired) electrons. The molecule has 0 spiro atoms. The molecule has 1 amide bonds. The van der Waals surface area contributed by atoms with Crippen molar-refractivity contribution < 1.29 is 4.79 Å². The molecule has 0 aliphatic carbocycles. The Kier molecular flexibility index (Phi) is 4.34. The van der Waals surface area contributed by atoms with Gasteiger partial charge < -0.3 is 0 Å². The number of aromatic amines is 1. The van der Waals surface area contributed by atoms with E-state index in [-0.39, 0.29) is 10.0 Å². The minimum absolute atomic E-state index is 0.109. The molecule has 0 saturated heterocycles. The van der Waals surface area contributed by atoms with E-state index in [0.29, 0.717) is 5.82 Å². The van der Waals surface area contributed by atoms with Crippen LogP contribution in [0.5, 0.6) is 0 Å². The van der Waals surface area contributed by atoms with E-state index in [9.17, 15) is 14.4 Å². The average molecular weight is 388 g/mol. The number of carbonyl (C=O) groups is 1. The van der Waals surface area contributed by atoms with Crippen LogP contribution in [0.2, 0.25) is 0 Å². The maximum absolute atomic E-state index is 12.2. The van der Waals surface area contributed by atoms with Gasteiger partial charge in [-0.05, 0) is 15.9 Å². The normalized spacial score (nSPS) is 10.4. The fourth-order valence-corrected chi connectivity index (χ4v) is 2.19. The molecule has 8 nitrogen and oxygen atoms in total. The van der Waals surface area contributed by atoms with Crippen LogP contribution in [-0.4, -0.2) is 25.5 Å². The zero-order valence-electron chi connectivity index (χ0n) is 12.1. The quantitative estimate of drug-likeness (QED) is 0.700. The number of amides is 1. The molecule has 0 atom stereocenters. The van der Waals surface area contributed by atoms with Crippen LogP contribution in [0.1, 0.15) is 10.4 Å². The van der Waals surface area contributed by atoms with E-state index in [1.807, 2.05) is 30.3 Å². The zero-order valence-corrected chi connectivity index (χ0v) is 13.6. The number of rotatable bonds is 3. The van der Waals surface area contributed by atoms with Crippen LogP contribution >= 0.6 is 15.9 Å². The number of halogens is 1. The predicted octanol–water partition coefficient (Wildman–Crippen LogP) is 1.14. The van der Waals surface area contributed by atoms with Crippen LogP contribution in [0.25, 0.3) is 11.4 Å². The molecule has 0 unspecified atom stereocenters. The Morgan fingerprint density at radius 2 is 1.79 bits per heavy atom. The lowest BCUT2D eigenvalue weighted by Crippen LogP contribution is -2.37. The highest BCUT2D eigenvalue weighted by atomic mass is 79.9. The second kappa shape index (κ2) is 6.59. The predicted molar refractivity (Wildman–Crippen MR) is 90.2 cm³/mol. The molecule has 3 rings (SSSR count). The Balaban J connectivity index is 1.82. The van der Waals surface area contributed by atoms with Gasteiger partial charge in [-0.2, -0.15) is 0 Å². The highest BCUT2D eigenvalue weighted by Crippen LogP contribution is 2.13. The van der Waals surface area contributed by atoms with Crippen molar-refractivity contribution >= 4 is 21.8 Å². The molecule has 2 N–H and O–H groups in total. The first kappa shape index (κ1) is 15.8. The third kappa shape index (κ3) is 3.30. The van der Waals surface area contributed by atoms with Gasteiger partial charge >= 0.3 is 5.69 Å². The standard InChI is InChI=1S/C15H10BrN5O3/c16-11-8-21(15(24)19-14(11)23)20-13(22)10-6-17-12(18-7-10)9-4-2-1-3-5-9/h1-8H,(H,20,22)(H,19,23,24). The summed E-state index contributed by atoms with van der Waals surface area (Å²) in [7, 11) is 0. The average Bonchev–Trinajstić information content (AvgIpc) is 2.60. The van der Waals surface area contributed by atoms with Crippen molar-refractivity contribution in [3.63, 3.8) is 0 Å². The van der Waals surface area contributed by atoms with Gasteiger partial charge in [0.05, 0.1) is 11.8 Å². The molecule has 0 fully saturated rings. The fourth-order valence-electron chi connectivity index (χ4n) is 1.89. The van der Waals surface area contributed by atoms with E-state index in [0.717, 1.165) is 16.4 Å². The minimum atomic E-state index is -0.765. The van der Waals surface area contributed by atoms with Crippen LogP contribution < -0.4 is 16.7 Å². The summed E-state index contributed by atoms with van der Waals surface area (Å²) in [6, 6.07) is 9.31. The molecule has 2 heterocycles. The molecular formula is C15H10BrN5O3. The summed E-state index contributed by atoms with van der Waals surface area (Å²) in [4.78, 5) is 45.4. The minimum Gasteiger partial charge on any atom is -0.272 e. The third-order valence-corrected chi connectivity index (χ3v) is 3.63. The first-order chi connectivity index (χ1) is 11.5. The molecular weight excluding hydrogens is 378 g/mol. The molecule has 9 heteroatoms. The largest absolute Gasteiger partial charge is 0.347 e. The van der Waals surface area contributed by atoms with Crippen molar-refractivity contribution in [3.05, 3.63) is 79.8 Å². The number of carbonyl (C=O) groups excluding carboxylic acids is 1. The summed E-state index contributed by atoms with van der Waals surface area (Å²) in [5.41, 5.74) is 1.99. The Morgan fingerprint density at radius 3 is 2.46 bits per heavy atom. The Labute approximate surface area is 143 Å². The monoisotopic (exact) mass is 387 g/mol. The van der Waals surface area contributed by atoms with Crippen LogP contribution in [0, 0.1) is 0 Å². The van der Waals surface area contributed by atoms with Gasteiger partial charge in [-0.1, -0.05) is 30.3 Å². The van der Waals surface area contributed by atoms with E-state index in [2.05, 4.69) is 36.3 Å². The fraction of sp³-hybridized carbons (Fsp3) is 0. The first-order valence-electron chi connectivity index (χ1n) is 6.75. The van der Waals surface area contributed by atoms with Crippen LogP contribution in [0.3, 0.4) is 0 Å². The third-order valence-electron chi connectivity index (χ3n) is 3.07. The zero-order chi connectivity index (χ0) is 17.1. The summed E-state index contributed by atoms with van der Waals surface area (Å²) in [5, 5.41) is 0. The Hall–Kier alpha value is -3.07. The van der Waals surface area contributed by atoms with Crippen molar-refractivity contribution in [1.82, 2.24) is 19.6 Å². The van der Waals surface area contributed by atoms with Crippen LogP contribution in [-0.2, 0) is 0 Å². The SMILES string of the molecule is O=C(Nn1cc(Br)c(=O)[nH]c1=O)c1cnc(-c2ccccc2)nc1. The number of hydrogen-bond acceptors (Lipinski definition) is 5. The molecule has 1 aromatic carbocycles. The maximum Gasteiger partial charge on any atom is 0.347 e. The summed E-state index contributed by atoms with van der Waals surface area (Å²) < 4.78 is 0.969. The summed E-state index contributed by atoms with van der Waals surface area (Å²) in [5.74, 6) is -0.105. The number of hydrogen-bond donors (Lipinski definition) is 2. The highest BCUT2D eigenvalue weighted by molar-refractivity contribution is 9.10. The lowest BCUT2D eigenvalue weighted by molar-refractivity contribution is 0.101. The van der Waals surface area contributed by atoms with Crippen molar-refractivity contribution in [2.75, 3.05) is 5.43 Å². The van der Waals surface area contributed by atoms with Gasteiger partial charge in [0.25, 0.3) is 11.5 Å². The highest BCUT2D eigenvalue weighted by Gasteiger charge is 2.10. The van der Waals surface area contributed by atoms with E-state index in [1.54, 1.807) is 0 Å². The molecule has 0 aliphatic heterocycles.